The number of amides is 1. The minimum absolute atomic E-state index is 0.124. The van der Waals surface area contributed by atoms with E-state index in [0.717, 1.165) is 11.1 Å². The molecule has 2 aromatic carbocycles. The maximum absolute atomic E-state index is 12.7. The summed E-state index contributed by atoms with van der Waals surface area (Å²) in [5.41, 5.74) is 3.26. The first kappa shape index (κ1) is 21.1. The largest absolute Gasteiger partial charge is 0.415 e. The molecule has 10 nitrogen and oxygen atoms in total. The minimum Gasteiger partial charge on any atom is -0.415 e. The van der Waals surface area contributed by atoms with E-state index in [2.05, 4.69) is 35.8 Å². The number of nitrogens with zero attached hydrogens (tertiary/aromatic N) is 6. The van der Waals surface area contributed by atoms with Gasteiger partial charge < -0.3 is 9.73 Å². The summed E-state index contributed by atoms with van der Waals surface area (Å²) < 4.78 is 31.6. The van der Waals surface area contributed by atoms with Gasteiger partial charge in [-0.05, 0) is 11.6 Å². The Bertz CT molecular complexity index is 1470. The lowest BCUT2D eigenvalue weighted by Crippen LogP contribution is -2.25. The molecule has 0 aliphatic heterocycles. The topological polar surface area (TPSA) is 124 Å². The maximum atomic E-state index is 12.7. The Hall–Kier alpha value is -4.74. The number of para-hydroxylation sites is 1. The van der Waals surface area contributed by atoms with E-state index in [0.29, 0.717) is 11.0 Å². The second kappa shape index (κ2) is 8.65. The first-order chi connectivity index (χ1) is 16.5. The van der Waals surface area contributed by atoms with Gasteiger partial charge in [-0.1, -0.05) is 42.5 Å². The molecule has 0 aliphatic rings. The van der Waals surface area contributed by atoms with Crippen LogP contribution in [0.4, 0.5) is 25.5 Å². The minimum atomic E-state index is -2.87. The zero-order chi connectivity index (χ0) is 23.7. The molecule has 0 atom stereocenters. The first-order valence-electron chi connectivity index (χ1n) is 10.0. The highest BCUT2D eigenvalue weighted by Gasteiger charge is 2.20. The third kappa shape index (κ3) is 3.81. The average Bonchev–Trinajstić information content (AvgIpc) is 3.50. The number of carbonyl (C=O) groups excluding carboxylic acids is 1. The molecule has 1 amide bonds. The number of halogens is 2. The van der Waals surface area contributed by atoms with Crippen LogP contribution in [0.5, 0.6) is 0 Å². The van der Waals surface area contributed by atoms with E-state index in [1.807, 2.05) is 42.5 Å². The van der Waals surface area contributed by atoms with Crippen LogP contribution in [0.25, 0.3) is 33.6 Å². The van der Waals surface area contributed by atoms with Gasteiger partial charge >= 0.3 is 12.5 Å². The van der Waals surface area contributed by atoms with Crippen molar-refractivity contribution in [1.82, 2.24) is 35.0 Å². The molecule has 34 heavy (non-hydrogen) atoms. The van der Waals surface area contributed by atoms with Gasteiger partial charge in [-0.25, -0.2) is 24.3 Å². The summed E-state index contributed by atoms with van der Waals surface area (Å²) in [4.78, 5) is 25.6. The van der Waals surface area contributed by atoms with Crippen molar-refractivity contribution in [2.45, 2.75) is 6.43 Å². The molecule has 0 bridgehead atoms. The maximum Gasteiger partial charge on any atom is 0.328 e. The summed E-state index contributed by atoms with van der Waals surface area (Å²) in [6.45, 7) is 0. The number of hydrogen-bond donors (Lipinski definition) is 2. The smallest absolute Gasteiger partial charge is 0.328 e. The summed E-state index contributed by atoms with van der Waals surface area (Å²) in [5, 5.41) is 12.4. The van der Waals surface area contributed by atoms with Gasteiger partial charge in [0.25, 0.3) is 11.8 Å². The van der Waals surface area contributed by atoms with Crippen LogP contribution in [0.1, 0.15) is 12.3 Å². The predicted octanol–water partition coefficient (Wildman–Crippen LogP) is 4.41. The van der Waals surface area contributed by atoms with E-state index in [9.17, 15) is 13.6 Å². The third-order valence-corrected chi connectivity index (χ3v) is 4.94. The zero-order valence-electron chi connectivity index (χ0n) is 17.6. The van der Waals surface area contributed by atoms with Crippen LogP contribution in [0.3, 0.4) is 0 Å². The quantitative estimate of drug-likeness (QED) is 0.394. The van der Waals surface area contributed by atoms with Crippen LogP contribution in [-0.4, -0.2) is 42.8 Å². The van der Waals surface area contributed by atoms with Gasteiger partial charge in [0, 0.05) is 25.0 Å². The highest BCUT2D eigenvalue weighted by molar-refractivity contribution is 6.00. The number of fused-ring (bicyclic) bond motifs is 1. The van der Waals surface area contributed by atoms with Gasteiger partial charge in [-0.3, -0.25) is 5.32 Å². The number of aromatic nitrogens is 6. The van der Waals surface area contributed by atoms with Crippen molar-refractivity contribution >= 4 is 29.0 Å². The standard InChI is InChI=1S/C22H16F2N8O2/c1-25-22(33)32-15-9-5-8-14(12-6-3-2-4-7-12)16(15)28-21(32)29-20-26-10-13(11-27-20)18-30-31-19(34-18)17(23)24/h2-11,17H,1H3,(H,25,33)(H,26,27,28,29). The average molecular weight is 462 g/mol. The highest BCUT2D eigenvalue weighted by Crippen LogP contribution is 2.31. The van der Waals surface area contributed by atoms with Gasteiger partial charge in [0.2, 0.25) is 11.9 Å². The van der Waals surface area contributed by atoms with Gasteiger partial charge in [0.1, 0.15) is 0 Å². The normalized spacial score (nSPS) is 11.2. The monoisotopic (exact) mass is 462 g/mol. The van der Waals surface area contributed by atoms with Crippen LogP contribution >= 0.6 is 0 Å². The SMILES string of the molecule is CNC(=O)n1c(Nc2ncc(-c3nnc(C(F)F)o3)cn2)nc2c(-c3ccccc3)cccc21. The summed E-state index contributed by atoms with van der Waals surface area (Å²) in [7, 11) is 1.52. The number of imidazole rings is 1. The van der Waals surface area contributed by atoms with Crippen molar-refractivity contribution in [1.29, 1.82) is 0 Å². The number of nitrogens with one attached hydrogen (secondary N) is 2. The Morgan fingerprint density at radius 1 is 1.00 bits per heavy atom. The van der Waals surface area contributed by atoms with Crippen molar-refractivity contribution < 1.29 is 18.0 Å². The molecule has 12 heteroatoms. The summed E-state index contributed by atoms with van der Waals surface area (Å²) in [6, 6.07) is 14.8. The van der Waals surface area contributed by atoms with Crippen molar-refractivity contribution in [3.05, 3.63) is 66.8 Å². The molecule has 170 valence electrons. The van der Waals surface area contributed by atoms with E-state index < -0.39 is 18.3 Å². The van der Waals surface area contributed by atoms with Gasteiger partial charge in [0.05, 0.1) is 16.6 Å². The second-order valence-electron chi connectivity index (χ2n) is 7.03. The molecule has 0 radical (unpaired) electrons. The van der Waals surface area contributed by atoms with Gasteiger partial charge in [-0.15, -0.1) is 10.2 Å². The van der Waals surface area contributed by atoms with Crippen LogP contribution in [0.2, 0.25) is 0 Å². The molecule has 5 aromatic rings. The number of alkyl halides is 2. The molecule has 0 aliphatic carbocycles. The molecule has 5 rings (SSSR count). The molecule has 0 saturated heterocycles. The molecule has 0 saturated carbocycles. The Morgan fingerprint density at radius 3 is 2.44 bits per heavy atom. The summed E-state index contributed by atoms with van der Waals surface area (Å²) >= 11 is 0. The molecular weight excluding hydrogens is 446 g/mol. The molecule has 0 spiro atoms. The fraction of sp³-hybridized carbons (Fsp3) is 0.0909. The van der Waals surface area contributed by atoms with Crippen LogP contribution in [0, 0.1) is 0 Å². The van der Waals surface area contributed by atoms with Crippen LogP contribution < -0.4 is 10.6 Å². The summed E-state index contributed by atoms with van der Waals surface area (Å²) in [5.74, 6) is -0.597. The van der Waals surface area contributed by atoms with Crippen LogP contribution in [0.15, 0.2) is 65.3 Å². The Balaban J connectivity index is 1.52. The number of hydrogen-bond acceptors (Lipinski definition) is 8. The third-order valence-electron chi connectivity index (χ3n) is 4.94. The lowest BCUT2D eigenvalue weighted by atomic mass is 10.0. The Morgan fingerprint density at radius 2 is 1.76 bits per heavy atom. The highest BCUT2D eigenvalue weighted by atomic mass is 19.3. The lowest BCUT2D eigenvalue weighted by Gasteiger charge is -2.08. The number of carbonyl (C=O) groups is 1. The lowest BCUT2D eigenvalue weighted by molar-refractivity contribution is 0.116. The Kier molecular flexibility index (Phi) is 5.38. The van der Waals surface area contributed by atoms with Crippen molar-refractivity contribution in [3.8, 4) is 22.6 Å². The molecule has 2 N–H and O–H groups in total. The van der Waals surface area contributed by atoms with E-state index in [1.165, 1.54) is 24.0 Å². The van der Waals surface area contributed by atoms with E-state index >= 15 is 0 Å². The van der Waals surface area contributed by atoms with E-state index in [-0.39, 0.29) is 23.4 Å². The fourth-order valence-corrected chi connectivity index (χ4v) is 3.39. The Labute approximate surface area is 190 Å². The summed E-state index contributed by atoms with van der Waals surface area (Å²) in [6.07, 6.45) is -0.206. The number of rotatable bonds is 5. The molecule has 0 unspecified atom stereocenters. The van der Waals surface area contributed by atoms with Crippen molar-refractivity contribution in [2.75, 3.05) is 12.4 Å². The fourth-order valence-electron chi connectivity index (χ4n) is 3.39. The first-order valence-corrected chi connectivity index (χ1v) is 10.0. The van der Waals surface area contributed by atoms with E-state index in [4.69, 9.17) is 4.42 Å². The zero-order valence-corrected chi connectivity index (χ0v) is 17.6. The molecule has 3 heterocycles. The van der Waals surface area contributed by atoms with Crippen LogP contribution in [-0.2, 0) is 0 Å². The molecular formula is C22H16F2N8O2. The molecule has 0 fully saturated rings. The van der Waals surface area contributed by atoms with Gasteiger partial charge in [0.15, 0.2) is 0 Å². The van der Waals surface area contributed by atoms with Crippen molar-refractivity contribution in [3.63, 3.8) is 0 Å². The van der Waals surface area contributed by atoms with E-state index in [1.54, 1.807) is 6.07 Å². The molecule has 3 aromatic heterocycles. The van der Waals surface area contributed by atoms with Crippen molar-refractivity contribution in [2.24, 2.45) is 0 Å². The number of benzene rings is 2. The predicted molar refractivity (Wildman–Crippen MR) is 119 cm³/mol. The second-order valence-corrected chi connectivity index (χ2v) is 7.03. The van der Waals surface area contributed by atoms with Gasteiger partial charge in [-0.2, -0.15) is 8.78 Å². The number of anilines is 2.